The first-order valence-electron chi connectivity index (χ1n) is 5.09. The zero-order valence-corrected chi connectivity index (χ0v) is 9.42. The molecular weight excluding hydrogens is 189 g/mol. The van der Waals surface area contributed by atoms with Gasteiger partial charge in [-0.15, -0.1) is 0 Å². The summed E-state index contributed by atoms with van der Waals surface area (Å²) in [4.78, 5) is 4.15. The number of hydrogen-bond donors (Lipinski definition) is 0. The van der Waals surface area contributed by atoms with Crippen molar-refractivity contribution in [1.29, 1.82) is 0 Å². The Morgan fingerprint density at radius 3 is 2.60 bits per heavy atom. The smallest absolute Gasteiger partial charge is 0.132 e. The molecule has 1 nitrogen and oxygen atoms in total. The first-order chi connectivity index (χ1) is 7.20. The summed E-state index contributed by atoms with van der Waals surface area (Å²) in [7, 11) is 1.69. The van der Waals surface area contributed by atoms with Gasteiger partial charge in [0.1, 0.15) is 5.82 Å². The van der Waals surface area contributed by atoms with Gasteiger partial charge >= 0.3 is 0 Å². The predicted octanol–water partition coefficient (Wildman–Crippen LogP) is 3.60. The van der Waals surface area contributed by atoms with E-state index < -0.39 is 0 Å². The van der Waals surface area contributed by atoms with Crippen molar-refractivity contribution in [3.05, 3.63) is 47.3 Å². The Kier molecular flexibility index (Phi) is 4.22. The Bertz CT molecular complexity index is 391. The van der Waals surface area contributed by atoms with Crippen LogP contribution in [0.3, 0.4) is 0 Å². The second kappa shape index (κ2) is 5.44. The van der Waals surface area contributed by atoms with Crippen LogP contribution in [0.1, 0.15) is 25.8 Å². The number of halogens is 1. The van der Waals surface area contributed by atoms with E-state index in [0.717, 1.165) is 17.7 Å². The monoisotopic (exact) mass is 205 g/mol. The molecule has 0 aliphatic carbocycles. The number of hydrogen-bond acceptors (Lipinski definition) is 1. The van der Waals surface area contributed by atoms with E-state index in [9.17, 15) is 4.39 Å². The molecule has 0 aromatic heterocycles. The highest BCUT2D eigenvalue weighted by molar-refractivity contribution is 6.12. The fraction of sp³-hybridized carbons (Fsp3) is 0.308. The largest absolute Gasteiger partial charge is 0.288 e. The summed E-state index contributed by atoms with van der Waals surface area (Å²) >= 11 is 0. The Morgan fingerprint density at radius 2 is 2.07 bits per heavy atom. The minimum Gasteiger partial charge on any atom is -0.288 e. The molecule has 80 valence electrons. The highest BCUT2D eigenvalue weighted by Crippen LogP contribution is 2.13. The number of nitrogens with zero attached hydrogens (tertiary/aromatic N) is 1. The Hall–Kier alpha value is -1.44. The molecule has 0 spiro atoms. The molecule has 0 unspecified atom stereocenters. The molecule has 0 aliphatic heterocycles. The van der Waals surface area contributed by atoms with E-state index in [0.29, 0.717) is 5.56 Å². The summed E-state index contributed by atoms with van der Waals surface area (Å²) in [5, 5.41) is 0. The molecule has 0 atom stereocenters. The topological polar surface area (TPSA) is 12.4 Å². The van der Waals surface area contributed by atoms with Gasteiger partial charge in [-0.1, -0.05) is 25.1 Å². The molecule has 0 amide bonds. The molecule has 0 saturated carbocycles. The molecule has 0 fully saturated rings. The van der Waals surface area contributed by atoms with Gasteiger partial charge in [0.05, 0.1) is 5.71 Å². The summed E-state index contributed by atoms with van der Waals surface area (Å²) in [6, 6.07) is 6.72. The zero-order chi connectivity index (χ0) is 11.3. The van der Waals surface area contributed by atoms with E-state index in [4.69, 9.17) is 0 Å². The first-order valence-corrected chi connectivity index (χ1v) is 5.09. The van der Waals surface area contributed by atoms with Crippen LogP contribution >= 0.6 is 0 Å². The lowest BCUT2D eigenvalue weighted by Gasteiger charge is -2.07. The zero-order valence-electron chi connectivity index (χ0n) is 9.42. The van der Waals surface area contributed by atoms with Crippen LogP contribution in [0.4, 0.5) is 4.39 Å². The predicted molar refractivity (Wildman–Crippen MR) is 62.9 cm³/mol. The van der Waals surface area contributed by atoms with Crippen LogP contribution in [0.2, 0.25) is 0 Å². The second-order valence-corrected chi connectivity index (χ2v) is 3.35. The lowest BCUT2D eigenvalue weighted by atomic mass is 10.0. The normalized spacial score (nSPS) is 13.1. The standard InChI is InChI=1S/C13H16FN/c1-4-7-10(2)13(15-3)11-8-5-6-9-12(11)14/h5-9H,4H2,1-3H3/b10-7-,15-13?. The summed E-state index contributed by atoms with van der Waals surface area (Å²) < 4.78 is 13.5. The van der Waals surface area contributed by atoms with Crippen molar-refractivity contribution in [3.8, 4) is 0 Å². The quantitative estimate of drug-likeness (QED) is 0.668. The number of aliphatic imine (C=N–C) groups is 1. The third kappa shape index (κ3) is 2.75. The highest BCUT2D eigenvalue weighted by atomic mass is 19.1. The minimum atomic E-state index is -0.220. The molecule has 0 N–H and O–H groups in total. The number of benzene rings is 1. The van der Waals surface area contributed by atoms with Crippen LogP contribution in [0.5, 0.6) is 0 Å². The van der Waals surface area contributed by atoms with E-state index in [1.807, 2.05) is 13.0 Å². The molecular formula is C13H16FN. The van der Waals surface area contributed by atoms with Gasteiger partial charge < -0.3 is 0 Å². The third-order valence-electron chi connectivity index (χ3n) is 2.24. The number of rotatable bonds is 3. The van der Waals surface area contributed by atoms with Gasteiger partial charge in [-0.2, -0.15) is 0 Å². The Morgan fingerprint density at radius 1 is 1.40 bits per heavy atom. The summed E-state index contributed by atoms with van der Waals surface area (Å²) in [6.07, 6.45) is 2.98. The van der Waals surface area contributed by atoms with Crippen LogP contribution in [0.15, 0.2) is 40.9 Å². The van der Waals surface area contributed by atoms with Crippen molar-refractivity contribution in [2.24, 2.45) is 4.99 Å². The fourth-order valence-electron chi connectivity index (χ4n) is 1.57. The van der Waals surface area contributed by atoms with Crippen LogP contribution in [0, 0.1) is 5.82 Å². The van der Waals surface area contributed by atoms with Crippen molar-refractivity contribution in [1.82, 2.24) is 0 Å². The third-order valence-corrected chi connectivity index (χ3v) is 2.24. The molecule has 15 heavy (non-hydrogen) atoms. The van der Waals surface area contributed by atoms with E-state index >= 15 is 0 Å². The Balaban J connectivity index is 3.16. The van der Waals surface area contributed by atoms with Gasteiger partial charge in [-0.05, 0) is 31.1 Å². The van der Waals surface area contributed by atoms with Crippen molar-refractivity contribution in [3.63, 3.8) is 0 Å². The van der Waals surface area contributed by atoms with Gasteiger partial charge in [-0.25, -0.2) is 4.39 Å². The molecule has 0 heterocycles. The molecule has 0 saturated heterocycles. The SMILES string of the molecule is CC/C=C(/C)C(=NC)c1ccccc1F. The second-order valence-electron chi connectivity index (χ2n) is 3.35. The molecule has 0 radical (unpaired) electrons. The van der Waals surface area contributed by atoms with Crippen LogP contribution in [-0.4, -0.2) is 12.8 Å². The average Bonchev–Trinajstić information content (AvgIpc) is 2.22. The summed E-state index contributed by atoms with van der Waals surface area (Å²) in [5.41, 5.74) is 2.32. The molecule has 1 aromatic rings. The summed E-state index contributed by atoms with van der Waals surface area (Å²) in [6.45, 7) is 4.01. The summed E-state index contributed by atoms with van der Waals surface area (Å²) in [5.74, 6) is -0.220. The van der Waals surface area contributed by atoms with E-state index in [2.05, 4.69) is 18.0 Å². The van der Waals surface area contributed by atoms with Gasteiger partial charge in [0, 0.05) is 12.6 Å². The van der Waals surface area contributed by atoms with E-state index in [1.54, 1.807) is 19.2 Å². The lowest BCUT2D eigenvalue weighted by molar-refractivity contribution is 0.625. The van der Waals surface area contributed by atoms with Crippen molar-refractivity contribution >= 4 is 5.71 Å². The lowest BCUT2D eigenvalue weighted by Crippen LogP contribution is -2.05. The Labute approximate surface area is 90.4 Å². The maximum absolute atomic E-state index is 13.5. The maximum Gasteiger partial charge on any atom is 0.132 e. The molecule has 1 rings (SSSR count). The van der Waals surface area contributed by atoms with Crippen LogP contribution in [0.25, 0.3) is 0 Å². The fourth-order valence-corrected chi connectivity index (χ4v) is 1.57. The van der Waals surface area contributed by atoms with Gasteiger partial charge in [0.25, 0.3) is 0 Å². The molecule has 0 bridgehead atoms. The van der Waals surface area contributed by atoms with Crippen molar-refractivity contribution in [2.75, 3.05) is 7.05 Å². The van der Waals surface area contributed by atoms with Crippen molar-refractivity contribution in [2.45, 2.75) is 20.3 Å². The van der Waals surface area contributed by atoms with Crippen LogP contribution in [-0.2, 0) is 0 Å². The van der Waals surface area contributed by atoms with E-state index in [-0.39, 0.29) is 5.82 Å². The highest BCUT2D eigenvalue weighted by Gasteiger charge is 2.09. The first kappa shape index (κ1) is 11.6. The minimum absolute atomic E-state index is 0.220. The number of allylic oxidation sites excluding steroid dienone is 2. The molecule has 1 aromatic carbocycles. The maximum atomic E-state index is 13.5. The van der Waals surface area contributed by atoms with Gasteiger partial charge in [0.2, 0.25) is 0 Å². The van der Waals surface area contributed by atoms with Crippen molar-refractivity contribution < 1.29 is 4.39 Å². The van der Waals surface area contributed by atoms with Gasteiger partial charge in [-0.3, -0.25) is 4.99 Å². The molecule has 2 heteroatoms. The van der Waals surface area contributed by atoms with E-state index in [1.165, 1.54) is 6.07 Å². The average molecular weight is 205 g/mol. The van der Waals surface area contributed by atoms with Crippen LogP contribution < -0.4 is 0 Å². The molecule has 0 aliphatic rings. The van der Waals surface area contributed by atoms with Gasteiger partial charge in [0.15, 0.2) is 0 Å².